The molecule has 1 saturated carbocycles. The molecule has 1 aliphatic rings. The van der Waals surface area contributed by atoms with Gasteiger partial charge in [-0.1, -0.05) is 18.2 Å². The summed E-state index contributed by atoms with van der Waals surface area (Å²) in [6.45, 7) is 2.24. The maximum atomic E-state index is 5.81. The molecule has 3 heteroatoms. The number of rotatable bonds is 5. The third-order valence-corrected chi connectivity index (χ3v) is 4.50. The van der Waals surface area contributed by atoms with E-state index in [9.17, 15) is 0 Å². The van der Waals surface area contributed by atoms with Crippen LogP contribution in [0, 0.1) is 5.92 Å². The Bertz CT molecular complexity index is 516. The Balaban J connectivity index is 1.83. The highest BCUT2D eigenvalue weighted by atomic mass is 32.1. The summed E-state index contributed by atoms with van der Waals surface area (Å²) in [4.78, 5) is 1.27. The third kappa shape index (κ3) is 2.37. The summed E-state index contributed by atoms with van der Waals surface area (Å²) in [5.41, 5.74) is 7.11. The zero-order valence-corrected chi connectivity index (χ0v) is 10.6. The van der Waals surface area contributed by atoms with Gasteiger partial charge in [-0.05, 0) is 30.2 Å². The van der Waals surface area contributed by atoms with Gasteiger partial charge < -0.3 is 10.5 Å². The van der Waals surface area contributed by atoms with Crippen LogP contribution in [0.3, 0.4) is 0 Å². The highest BCUT2D eigenvalue weighted by Gasteiger charge is 2.21. The van der Waals surface area contributed by atoms with Crippen LogP contribution in [0.25, 0.3) is 10.1 Å². The molecule has 1 fully saturated rings. The molecule has 1 heterocycles. The first kappa shape index (κ1) is 11.2. The van der Waals surface area contributed by atoms with Gasteiger partial charge in [0.05, 0.1) is 6.61 Å². The molecule has 0 aliphatic heterocycles. The molecule has 0 bridgehead atoms. The third-order valence-electron chi connectivity index (χ3n) is 3.26. The highest BCUT2D eigenvalue weighted by molar-refractivity contribution is 7.19. The Morgan fingerprint density at radius 3 is 2.88 bits per heavy atom. The van der Waals surface area contributed by atoms with Crippen molar-refractivity contribution in [3.63, 3.8) is 0 Å². The molecule has 3 rings (SSSR count). The molecule has 2 N–H and O–H groups in total. The fourth-order valence-corrected chi connectivity index (χ4v) is 3.17. The SMILES string of the molecule is NCc1sc2ccccc2c1COCC1CC1. The quantitative estimate of drug-likeness (QED) is 0.880. The second-order valence-electron chi connectivity index (χ2n) is 4.66. The largest absolute Gasteiger partial charge is 0.376 e. The van der Waals surface area contributed by atoms with E-state index in [1.165, 1.54) is 33.4 Å². The minimum Gasteiger partial charge on any atom is -0.376 e. The molecule has 2 nitrogen and oxygen atoms in total. The average Bonchev–Trinajstić information content (AvgIpc) is 3.11. The van der Waals surface area contributed by atoms with E-state index < -0.39 is 0 Å². The zero-order chi connectivity index (χ0) is 11.7. The molecule has 17 heavy (non-hydrogen) atoms. The summed E-state index contributed by atoms with van der Waals surface area (Å²) < 4.78 is 7.12. The molecule has 1 aromatic heterocycles. The molecule has 2 aromatic rings. The lowest BCUT2D eigenvalue weighted by Crippen LogP contribution is -2.01. The fraction of sp³-hybridized carbons (Fsp3) is 0.429. The van der Waals surface area contributed by atoms with E-state index in [1.807, 2.05) is 0 Å². The molecular formula is C14H17NOS. The number of hydrogen-bond acceptors (Lipinski definition) is 3. The number of hydrogen-bond donors (Lipinski definition) is 1. The Kier molecular flexibility index (Phi) is 3.14. The van der Waals surface area contributed by atoms with Crippen molar-refractivity contribution in [2.75, 3.05) is 6.61 Å². The molecule has 1 aliphatic carbocycles. The van der Waals surface area contributed by atoms with Crippen LogP contribution in [-0.4, -0.2) is 6.61 Å². The van der Waals surface area contributed by atoms with Gasteiger partial charge in [-0.3, -0.25) is 0 Å². The lowest BCUT2D eigenvalue weighted by Gasteiger charge is -2.04. The minimum atomic E-state index is 0.613. The summed E-state index contributed by atoms with van der Waals surface area (Å²) >= 11 is 1.79. The second-order valence-corrected chi connectivity index (χ2v) is 5.80. The van der Waals surface area contributed by atoms with Gasteiger partial charge in [-0.25, -0.2) is 0 Å². The van der Waals surface area contributed by atoms with Gasteiger partial charge in [0.2, 0.25) is 0 Å². The molecule has 0 saturated heterocycles. The average molecular weight is 247 g/mol. The first-order valence-electron chi connectivity index (χ1n) is 6.15. The zero-order valence-electron chi connectivity index (χ0n) is 9.82. The van der Waals surface area contributed by atoms with Crippen molar-refractivity contribution in [3.05, 3.63) is 34.7 Å². The molecular weight excluding hydrogens is 230 g/mol. The Morgan fingerprint density at radius 1 is 1.29 bits per heavy atom. The number of fused-ring (bicyclic) bond motifs is 1. The van der Waals surface area contributed by atoms with Crippen LogP contribution in [0.5, 0.6) is 0 Å². The maximum Gasteiger partial charge on any atom is 0.0734 e. The van der Waals surface area contributed by atoms with E-state index in [1.54, 1.807) is 11.3 Å². The van der Waals surface area contributed by atoms with Gasteiger partial charge in [0, 0.05) is 28.3 Å². The van der Waals surface area contributed by atoms with Crippen LogP contribution in [0.1, 0.15) is 23.3 Å². The summed E-state index contributed by atoms with van der Waals surface area (Å²) in [5.74, 6) is 0.821. The van der Waals surface area contributed by atoms with E-state index in [4.69, 9.17) is 10.5 Å². The summed E-state index contributed by atoms with van der Waals surface area (Å²) in [6, 6.07) is 8.48. The van der Waals surface area contributed by atoms with E-state index in [0.29, 0.717) is 13.2 Å². The lowest BCUT2D eigenvalue weighted by atomic mass is 10.1. The summed E-state index contributed by atoms with van der Waals surface area (Å²) in [6.07, 6.45) is 2.68. The smallest absolute Gasteiger partial charge is 0.0734 e. The van der Waals surface area contributed by atoms with E-state index in [2.05, 4.69) is 24.3 Å². The first-order valence-corrected chi connectivity index (χ1v) is 6.97. The van der Waals surface area contributed by atoms with Crippen LogP contribution in [0.15, 0.2) is 24.3 Å². The number of nitrogens with two attached hydrogens (primary N) is 1. The molecule has 1 aromatic carbocycles. The molecule has 0 atom stereocenters. The van der Waals surface area contributed by atoms with Gasteiger partial charge in [0.15, 0.2) is 0 Å². The fourth-order valence-electron chi connectivity index (χ4n) is 2.08. The standard InChI is InChI=1S/C14H17NOS/c15-7-14-12(9-16-8-10-5-6-10)11-3-1-2-4-13(11)17-14/h1-4,10H,5-9,15H2. The van der Waals surface area contributed by atoms with Gasteiger partial charge in [-0.2, -0.15) is 0 Å². The Labute approximate surface area is 105 Å². The van der Waals surface area contributed by atoms with Crippen molar-refractivity contribution >= 4 is 21.4 Å². The normalized spacial score (nSPS) is 15.6. The van der Waals surface area contributed by atoms with Crippen LogP contribution in [0.2, 0.25) is 0 Å². The summed E-state index contributed by atoms with van der Waals surface area (Å²) in [5, 5.41) is 1.31. The highest BCUT2D eigenvalue weighted by Crippen LogP contribution is 2.33. The predicted molar refractivity (Wildman–Crippen MR) is 72.1 cm³/mol. The molecule has 0 amide bonds. The minimum absolute atomic E-state index is 0.613. The maximum absolute atomic E-state index is 5.81. The van der Waals surface area contributed by atoms with Gasteiger partial charge >= 0.3 is 0 Å². The van der Waals surface area contributed by atoms with Crippen LogP contribution in [0.4, 0.5) is 0 Å². The van der Waals surface area contributed by atoms with Crippen LogP contribution >= 0.6 is 11.3 Å². The van der Waals surface area contributed by atoms with Crippen molar-refractivity contribution in [1.29, 1.82) is 0 Å². The summed E-state index contributed by atoms with van der Waals surface area (Å²) in [7, 11) is 0. The van der Waals surface area contributed by atoms with Crippen LogP contribution < -0.4 is 5.73 Å². The molecule has 0 unspecified atom stereocenters. The first-order chi connectivity index (χ1) is 8.38. The van der Waals surface area contributed by atoms with Gasteiger partial charge in [-0.15, -0.1) is 11.3 Å². The van der Waals surface area contributed by atoms with Crippen molar-refractivity contribution in [2.24, 2.45) is 11.7 Å². The molecule has 90 valence electrons. The van der Waals surface area contributed by atoms with E-state index in [0.717, 1.165) is 12.5 Å². The number of thiophene rings is 1. The lowest BCUT2D eigenvalue weighted by molar-refractivity contribution is 0.112. The second kappa shape index (κ2) is 4.77. The van der Waals surface area contributed by atoms with Crippen molar-refractivity contribution in [2.45, 2.75) is 26.0 Å². The van der Waals surface area contributed by atoms with Crippen LogP contribution in [-0.2, 0) is 17.9 Å². The predicted octanol–water partition coefficient (Wildman–Crippen LogP) is 3.29. The van der Waals surface area contributed by atoms with Crippen molar-refractivity contribution in [1.82, 2.24) is 0 Å². The van der Waals surface area contributed by atoms with E-state index in [-0.39, 0.29) is 0 Å². The van der Waals surface area contributed by atoms with E-state index >= 15 is 0 Å². The Hall–Kier alpha value is -0.900. The molecule has 0 spiro atoms. The van der Waals surface area contributed by atoms with Crippen molar-refractivity contribution < 1.29 is 4.74 Å². The number of ether oxygens (including phenoxy) is 1. The van der Waals surface area contributed by atoms with Crippen molar-refractivity contribution in [3.8, 4) is 0 Å². The topological polar surface area (TPSA) is 35.2 Å². The number of benzene rings is 1. The van der Waals surface area contributed by atoms with Gasteiger partial charge in [0.25, 0.3) is 0 Å². The monoisotopic (exact) mass is 247 g/mol. The molecule has 0 radical (unpaired) electrons. The Morgan fingerprint density at radius 2 is 2.12 bits per heavy atom. The van der Waals surface area contributed by atoms with Gasteiger partial charge in [0.1, 0.15) is 0 Å².